The van der Waals surface area contributed by atoms with Crippen LogP contribution in [-0.2, 0) is 6.61 Å². The molecule has 0 unspecified atom stereocenters. The zero-order valence-electron chi connectivity index (χ0n) is 16.3. The molecular weight excluding hydrogens is 368 g/mol. The van der Waals surface area contributed by atoms with Crippen molar-refractivity contribution in [2.24, 2.45) is 5.10 Å². The molecule has 0 saturated carbocycles. The monoisotopic (exact) mass is 390 g/mol. The Morgan fingerprint density at radius 1 is 0.931 bits per heavy atom. The number of hydrazone groups is 1. The Balaban J connectivity index is 1.67. The van der Waals surface area contributed by atoms with Gasteiger partial charge in [-0.15, -0.1) is 0 Å². The Hall–Kier alpha value is -3.80. The molecule has 0 spiro atoms. The Morgan fingerprint density at radius 2 is 1.69 bits per heavy atom. The number of para-hydroxylation sites is 1. The summed E-state index contributed by atoms with van der Waals surface area (Å²) >= 11 is 0. The van der Waals surface area contributed by atoms with Crippen molar-refractivity contribution in [3.63, 3.8) is 0 Å². The summed E-state index contributed by atoms with van der Waals surface area (Å²) < 4.78 is 16.3. The molecular formula is C23H22N2O4. The summed E-state index contributed by atoms with van der Waals surface area (Å²) in [7, 11) is 3.05. The largest absolute Gasteiger partial charge is 0.497 e. The number of ether oxygens (including phenoxy) is 3. The highest BCUT2D eigenvalue weighted by atomic mass is 16.5. The highest BCUT2D eigenvalue weighted by Gasteiger charge is 2.12. The van der Waals surface area contributed by atoms with Crippen molar-refractivity contribution in [3.05, 3.63) is 89.5 Å². The van der Waals surface area contributed by atoms with E-state index in [-0.39, 0.29) is 5.91 Å². The first-order chi connectivity index (χ1) is 14.2. The predicted octanol–water partition coefficient (Wildman–Crippen LogP) is 4.05. The second-order valence-electron chi connectivity index (χ2n) is 6.08. The number of carbonyl (C=O) groups excluding carboxylic acids is 1. The molecule has 29 heavy (non-hydrogen) atoms. The second-order valence-corrected chi connectivity index (χ2v) is 6.08. The van der Waals surface area contributed by atoms with Crippen LogP contribution in [0.5, 0.6) is 17.2 Å². The summed E-state index contributed by atoms with van der Waals surface area (Å²) in [5.41, 5.74) is 4.70. The van der Waals surface area contributed by atoms with Gasteiger partial charge in [0.2, 0.25) is 0 Å². The van der Waals surface area contributed by atoms with Gasteiger partial charge >= 0.3 is 0 Å². The average Bonchev–Trinajstić information content (AvgIpc) is 2.78. The first-order valence-corrected chi connectivity index (χ1v) is 9.02. The van der Waals surface area contributed by atoms with Gasteiger partial charge in [-0.25, -0.2) is 5.43 Å². The number of hydrogen-bond donors (Lipinski definition) is 1. The number of methoxy groups -OCH3 is 2. The Morgan fingerprint density at radius 3 is 2.45 bits per heavy atom. The molecule has 0 heterocycles. The number of hydrogen-bond acceptors (Lipinski definition) is 5. The highest BCUT2D eigenvalue weighted by Crippen LogP contribution is 2.24. The summed E-state index contributed by atoms with van der Waals surface area (Å²) in [6.45, 7) is 0.446. The van der Waals surface area contributed by atoms with Gasteiger partial charge in [0.05, 0.1) is 26.0 Å². The Labute approximate surface area is 169 Å². The molecule has 148 valence electrons. The molecule has 0 aliphatic heterocycles. The molecule has 0 aliphatic carbocycles. The third-order valence-corrected chi connectivity index (χ3v) is 4.18. The lowest BCUT2D eigenvalue weighted by atomic mass is 10.2. The summed E-state index contributed by atoms with van der Waals surface area (Å²) in [5.74, 6) is 1.30. The predicted molar refractivity (Wildman–Crippen MR) is 112 cm³/mol. The van der Waals surface area contributed by atoms with Gasteiger partial charge in [-0.2, -0.15) is 5.10 Å². The molecule has 0 aliphatic rings. The van der Waals surface area contributed by atoms with Gasteiger partial charge < -0.3 is 14.2 Å². The van der Waals surface area contributed by atoms with Crippen molar-refractivity contribution in [2.45, 2.75) is 6.61 Å². The van der Waals surface area contributed by atoms with E-state index < -0.39 is 0 Å². The molecule has 0 atom stereocenters. The van der Waals surface area contributed by atoms with E-state index in [1.807, 2.05) is 54.6 Å². The molecule has 6 nitrogen and oxygen atoms in total. The van der Waals surface area contributed by atoms with Crippen molar-refractivity contribution in [1.29, 1.82) is 0 Å². The fourth-order valence-electron chi connectivity index (χ4n) is 2.66. The van der Waals surface area contributed by atoms with Crippen molar-refractivity contribution < 1.29 is 19.0 Å². The Bertz CT molecular complexity index is 987. The molecule has 3 aromatic carbocycles. The molecule has 6 heteroatoms. The van der Waals surface area contributed by atoms with E-state index in [4.69, 9.17) is 14.2 Å². The number of carbonyl (C=O) groups is 1. The van der Waals surface area contributed by atoms with Gasteiger partial charge in [0.1, 0.15) is 23.9 Å². The van der Waals surface area contributed by atoms with Crippen molar-refractivity contribution >= 4 is 12.1 Å². The van der Waals surface area contributed by atoms with Crippen LogP contribution in [-0.4, -0.2) is 26.3 Å². The first-order valence-electron chi connectivity index (χ1n) is 9.02. The van der Waals surface area contributed by atoms with Crippen LogP contribution in [0, 0.1) is 0 Å². The molecule has 0 aromatic heterocycles. The number of benzene rings is 3. The molecule has 1 amide bonds. The lowest BCUT2D eigenvalue weighted by Gasteiger charge is -2.10. The van der Waals surface area contributed by atoms with Gasteiger partial charge in [0.15, 0.2) is 0 Å². The van der Waals surface area contributed by atoms with Crippen LogP contribution in [0.3, 0.4) is 0 Å². The molecule has 0 radical (unpaired) electrons. The van der Waals surface area contributed by atoms with Crippen molar-refractivity contribution in [2.75, 3.05) is 14.2 Å². The lowest BCUT2D eigenvalue weighted by Crippen LogP contribution is -2.18. The minimum absolute atomic E-state index is 0.360. The van der Waals surface area contributed by atoms with Crippen LogP contribution < -0.4 is 19.6 Å². The number of amides is 1. The minimum Gasteiger partial charge on any atom is -0.497 e. The molecule has 0 fully saturated rings. The Kier molecular flexibility index (Phi) is 6.84. The summed E-state index contributed by atoms with van der Waals surface area (Å²) in [6, 6.07) is 22.3. The van der Waals surface area contributed by atoms with Gasteiger partial charge in [0.25, 0.3) is 5.91 Å². The maximum absolute atomic E-state index is 12.4. The zero-order chi connectivity index (χ0) is 20.5. The van der Waals surface area contributed by atoms with Crippen LogP contribution in [0.2, 0.25) is 0 Å². The van der Waals surface area contributed by atoms with E-state index in [0.29, 0.717) is 29.4 Å². The molecule has 0 bridgehead atoms. The molecule has 0 saturated heterocycles. The first kappa shape index (κ1) is 19.9. The van der Waals surface area contributed by atoms with Crippen LogP contribution in [0.25, 0.3) is 0 Å². The second kappa shape index (κ2) is 9.94. The van der Waals surface area contributed by atoms with Gasteiger partial charge in [-0.1, -0.05) is 42.5 Å². The van der Waals surface area contributed by atoms with Crippen LogP contribution >= 0.6 is 0 Å². The smallest absolute Gasteiger partial charge is 0.275 e. The van der Waals surface area contributed by atoms with Gasteiger partial charge in [0, 0.05) is 11.6 Å². The molecule has 1 N–H and O–H groups in total. The number of nitrogens with one attached hydrogen (secondary N) is 1. The lowest BCUT2D eigenvalue weighted by molar-refractivity contribution is 0.0952. The number of rotatable bonds is 8. The van der Waals surface area contributed by atoms with E-state index in [1.54, 1.807) is 31.5 Å². The average molecular weight is 390 g/mol. The summed E-state index contributed by atoms with van der Waals surface area (Å²) in [6.07, 6.45) is 1.55. The van der Waals surface area contributed by atoms with Crippen molar-refractivity contribution in [1.82, 2.24) is 5.43 Å². The maximum Gasteiger partial charge on any atom is 0.275 e. The van der Waals surface area contributed by atoms with Crippen LogP contribution in [0.4, 0.5) is 0 Å². The van der Waals surface area contributed by atoms with Crippen molar-refractivity contribution in [3.8, 4) is 17.2 Å². The van der Waals surface area contributed by atoms with Gasteiger partial charge in [-0.3, -0.25) is 4.79 Å². The van der Waals surface area contributed by atoms with Crippen LogP contribution in [0.1, 0.15) is 21.5 Å². The van der Waals surface area contributed by atoms with E-state index in [1.165, 1.54) is 7.11 Å². The van der Waals surface area contributed by atoms with E-state index >= 15 is 0 Å². The molecule has 3 aromatic rings. The third-order valence-electron chi connectivity index (χ3n) is 4.18. The standard InChI is InChI=1S/C23H22N2O4/c1-27-19-12-13-20(22(14-19)28-2)23(26)25-24-15-18-10-6-7-11-21(18)29-16-17-8-4-3-5-9-17/h3-15H,16H2,1-2H3,(H,25,26). The fourth-order valence-corrected chi connectivity index (χ4v) is 2.66. The summed E-state index contributed by atoms with van der Waals surface area (Å²) in [5, 5.41) is 4.06. The third kappa shape index (κ3) is 5.35. The molecule has 3 rings (SSSR count). The SMILES string of the molecule is COc1ccc(C(=O)NN=Cc2ccccc2OCc2ccccc2)c(OC)c1. The van der Waals surface area contributed by atoms with Crippen LogP contribution in [0.15, 0.2) is 77.9 Å². The van der Waals surface area contributed by atoms with E-state index in [9.17, 15) is 4.79 Å². The quantitative estimate of drug-likeness (QED) is 0.465. The topological polar surface area (TPSA) is 69.2 Å². The maximum atomic E-state index is 12.4. The normalized spacial score (nSPS) is 10.6. The summed E-state index contributed by atoms with van der Waals surface area (Å²) in [4.78, 5) is 12.4. The fraction of sp³-hybridized carbons (Fsp3) is 0.130. The van der Waals surface area contributed by atoms with E-state index in [2.05, 4.69) is 10.5 Å². The van der Waals surface area contributed by atoms with E-state index in [0.717, 1.165) is 11.1 Å². The highest BCUT2D eigenvalue weighted by molar-refractivity contribution is 5.97. The minimum atomic E-state index is -0.386. The number of nitrogens with zero attached hydrogens (tertiary/aromatic N) is 1. The van der Waals surface area contributed by atoms with Gasteiger partial charge in [-0.05, 0) is 29.8 Å². The zero-order valence-corrected chi connectivity index (χ0v) is 16.3.